The molecule has 1 aromatic carbocycles. The van der Waals surface area contributed by atoms with Gasteiger partial charge in [-0.15, -0.1) is 10.1 Å². The molecule has 0 aliphatic carbocycles. The SMILES string of the molecule is CCOc1ccccc1NCCN1N=C(C)C(C)[N+]2=C1N=C1C2C(=O)N(C)C(=O)N1C. The molecule has 1 saturated heterocycles. The number of rotatable bonds is 6. The van der Waals surface area contributed by atoms with Crippen LogP contribution in [0.15, 0.2) is 34.4 Å². The minimum absolute atomic E-state index is 0.108. The van der Waals surface area contributed by atoms with Crippen molar-refractivity contribution in [3.63, 3.8) is 0 Å². The number of benzene rings is 1. The van der Waals surface area contributed by atoms with Crippen LogP contribution >= 0.6 is 0 Å². The number of urea groups is 1. The van der Waals surface area contributed by atoms with Crippen molar-refractivity contribution < 1.29 is 18.9 Å². The zero-order valence-corrected chi connectivity index (χ0v) is 18.5. The summed E-state index contributed by atoms with van der Waals surface area (Å²) in [7, 11) is 3.15. The van der Waals surface area contributed by atoms with Crippen molar-refractivity contribution in [1.29, 1.82) is 0 Å². The number of fused-ring (bicyclic) bond motifs is 2. The summed E-state index contributed by atoms with van der Waals surface area (Å²) >= 11 is 0. The molecule has 1 aromatic rings. The number of aliphatic imine (C=N–C) groups is 1. The summed E-state index contributed by atoms with van der Waals surface area (Å²) in [6, 6.07) is 6.67. The Morgan fingerprint density at radius 2 is 1.94 bits per heavy atom. The number of hydrazone groups is 1. The Balaban J connectivity index is 1.57. The van der Waals surface area contributed by atoms with Gasteiger partial charge in [-0.05, 0) is 32.9 Å². The van der Waals surface area contributed by atoms with E-state index in [1.807, 2.05) is 49.6 Å². The number of carbonyl (C=O) groups is 2. The van der Waals surface area contributed by atoms with Crippen molar-refractivity contribution >= 4 is 35.1 Å². The van der Waals surface area contributed by atoms with E-state index in [-0.39, 0.29) is 18.0 Å². The lowest BCUT2D eigenvalue weighted by Gasteiger charge is -2.33. The first kappa shape index (κ1) is 20.8. The predicted molar refractivity (Wildman–Crippen MR) is 118 cm³/mol. The molecule has 31 heavy (non-hydrogen) atoms. The molecular weight excluding hydrogens is 398 g/mol. The van der Waals surface area contributed by atoms with E-state index >= 15 is 0 Å². The van der Waals surface area contributed by atoms with Gasteiger partial charge in [0.1, 0.15) is 18.3 Å². The molecule has 1 N–H and O–H groups in total. The third-order valence-corrected chi connectivity index (χ3v) is 5.81. The molecule has 4 rings (SSSR count). The van der Waals surface area contributed by atoms with E-state index < -0.39 is 6.04 Å². The van der Waals surface area contributed by atoms with Crippen molar-refractivity contribution in [2.45, 2.75) is 32.9 Å². The van der Waals surface area contributed by atoms with Gasteiger partial charge in [0.25, 0.3) is 5.91 Å². The summed E-state index contributed by atoms with van der Waals surface area (Å²) in [5, 5.41) is 9.89. The highest BCUT2D eigenvalue weighted by molar-refractivity contribution is 6.23. The Morgan fingerprint density at radius 3 is 2.68 bits per heavy atom. The maximum absolute atomic E-state index is 12.9. The van der Waals surface area contributed by atoms with Gasteiger partial charge in [0.15, 0.2) is 0 Å². The Hall–Kier alpha value is -3.43. The zero-order chi connectivity index (χ0) is 22.3. The van der Waals surface area contributed by atoms with Gasteiger partial charge in [-0.2, -0.15) is 0 Å². The van der Waals surface area contributed by atoms with Crippen molar-refractivity contribution in [2.24, 2.45) is 10.1 Å². The smallest absolute Gasteiger partial charge is 0.417 e. The Bertz CT molecular complexity index is 1020. The number of hydrogen-bond acceptors (Lipinski definition) is 7. The number of guanidine groups is 1. The third-order valence-electron chi connectivity index (χ3n) is 5.81. The summed E-state index contributed by atoms with van der Waals surface area (Å²) in [6.07, 6.45) is 0. The minimum Gasteiger partial charge on any atom is -0.492 e. The predicted octanol–water partition coefficient (Wildman–Crippen LogP) is 1.25. The molecule has 1 fully saturated rings. The first-order chi connectivity index (χ1) is 14.8. The number of amidine groups is 1. The molecule has 0 aromatic heterocycles. The van der Waals surface area contributed by atoms with Crippen LogP contribution in [0.2, 0.25) is 0 Å². The van der Waals surface area contributed by atoms with Crippen LogP contribution in [0.4, 0.5) is 10.5 Å². The largest absolute Gasteiger partial charge is 0.492 e. The molecule has 2 unspecified atom stereocenters. The topological polar surface area (TPSA) is 92.8 Å². The molecule has 3 amide bonds. The molecular formula is C21H28N7O3+. The van der Waals surface area contributed by atoms with E-state index in [1.165, 1.54) is 11.9 Å². The fourth-order valence-electron chi connectivity index (χ4n) is 4.00. The van der Waals surface area contributed by atoms with Gasteiger partial charge in [-0.1, -0.05) is 17.1 Å². The monoisotopic (exact) mass is 426 g/mol. The Morgan fingerprint density at radius 1 is 1.19 bits per heavy atom. The lowest BCUT2D eigenvalue weighted by Crippen LogP contribution is -2.63. The van der Waals surface area contributed by atoms with Crippen LogP contribution in [-0.2, 0) is 4.79 Å². The minimum atomic E-state index is -0.628. The summed E-state index contributed by atoms with van der Waals surface area (Å²) in [5.74, 6) is 1.55. The van der Waals surface area contributed by atoms with Gasteiger partial charge in [-0.3, -0.25) is 14.6 Å². The quantitative estimate of drug-likeness (QED) is 0.691. The maximum atomic E-state index is 12.9. The van der Waals surface area contributed by atoms with Gasteiger partial charge in [0.2, 0.25) is 11.9 Å². The van der Waals surface area contributed by atoms with Crippen LogP contribution in [0.1, 0.15) is 20.8 Å². The molecule has 3 aliphatic rings. The molecule has 0 bridgehead atoms. The summed E-state index contributed by atoms with van der Waals surface area (Å²) in [6.45, 7) is 7.59. The van der Waals surface area contributed by atoms with E-state index in [1.54, 1.807) is 12.1 Å². The molecule has 3 heterocycles. The molecule has 0 spiro atoms. The van der Waals surface area contributed by atoms with E-state index in [9.17, 15) is 9.59 Å². The van der Waals surface area contributed by atoms with Crippen LogP contribution < -0.4 is 10.1 Å². The number of nitrogens with one attached hydrogen (secondary N) is 1. The third kappa shape index (κ3) is 3.41. The molecule has 10 nitrogen and oxygen atoms in total. The normalized spacial score (nSPS) is 22.9. The van der Waals surface area contributed by atoms with Gasteiger partial charge >= 0.3 is 12.0 Å². The summed E-state index contributed by atoms with van der Waals surface area (Å²) < 4.78 is 7.62. The number of likely N-dealkylation sites (N-methyl/N-ethyl adjacent to an activating group) is 2. The van der Waals surface area contributed by atoms with Crippen molar-refractivity contribution in [1.82, 2.24) is 14.8 Å². The Kier molecular flexibility index (Phi) is 5.38. The van der Waals surface area contributed by atoms with Crippen LogP contribution in [-0.4, -0.2) is 94.7 Å². The van der Waals surface area contributed by atoms with Crippen LogP contribution in [0, 0.1) is 0 Å². The lowest BCUT2D eigenvalue weighted by molar-refractivity contribution is -0.559. The molecule has 10 heteroatoms. The fourth-order valence-corrected chi connectivity index (χ4v) is 4.00. The Labute approximate surface area is 181 Å². The average Bonchev–Trinajstić information content (AvgIpc) is 3.17. The number of anilines is 1. The van der Waals surface area contributed by atoms with E-state index in [4.69, 9.17) is 9.84 Å². The number of hydrogen-bond donors (Lipinski definition) is 1. The standard InChI is InChI=1S/C21H28N7O3/c1-6-31-16-10-8-7-9-15(16)22-11-12-27-20-23-18-17(28(20)14(3)13(2)24-27)19(29)26(5)21(30)25(18)4/h7-10,14,17,22H,6,11-12H2,1-5H3/q+1. The first-order valence-electron chi connectivity index (χ1n) is 10.4. The average molecular weight is 427 g/mol. The summed E-state index contributed by atoms with van der Waals surface area (Å²) in [4.78, 5) is 32.6. The van der Waals surface area contributed by atoms with Crippen molar-refractivity contribution in [3.05, 3.63) is 24.3 Å². The van der Waals surface area contributed by atoms with Gasteiger partial charge in [-0.25, -0.2) is 9.37 Å². The number of amides is 3. The van der Waals surface area contributed by atoms with Crippen molar-refractivity contribution in [3.8, 4) is 5.75 Å². The van der Waals surface area contributed by atoms with Crippen LogP contribution in [0.3, 0.4) is 0 Å². The number of ether oxygens (including phenoxy) is 1. The van der Waals surface area contributed by atoms with E-state index in [0.717, 1.165) is 22.0 Å². The second kappa shape index (κ2) is 8.01. The molecule has 3 aliphatic heterocycles. The zero-order valence-electron chi connectivity index (χ0n) is 18.5. The van der Waals surface area contributed by atoms with E-state index in [2.05, 4.69) is 10.3 Å². The number of imide groups is 1. The van der Waals surface area contributed by atoms with Crippen molar-refractivity contribution in [2.75, 3.05) is 39.1 Å². The molecule has 0 saturated carbocycles. The molecule has 2 atom stereocenters. The van der Waals surface area contributed by atoms with Crippen LogP contribution in [0.25, 0.3) is 0 Å². The first-order valence-corrected chi connectivity index (χ1v) is 10.4. The number of carbonyl (C=O) groups excluding carboxylic acids is 2. The molecule has 0 radical (unpaired) electrons. The summed E-state index contributed by atoms with van der Waals surface area (Å²) in [5.41, 5.74) is 1.79. The fraction of sp³-hybridized carbons (Fsp3) is 0.476. The van der Waals surface area contributed by atoms with Crippen LogP contribution in [0.5, 0.6) is 5.75 Å². The van der Waals surface area contributed by atoms with Gasteiger partial charge in [0.05, 0.1) is 18.0 Å². The molecule has 164 valence electrons. The second-order valence-electron chi connectivity index (χ2n) is 7.72. The number of nitrogens with zero attached hydrogens (tertiary/aromatic N) is 6. The highest BCUT2D eigenvalue weighted by Gasteiger charge is 2.55. The second-order valence-corrected chi connectivity index (χ2v) is 7.72. The highest BCUT2D eigenvalue weighted by Crippen LogP contribution is 2.26. The maximum Gasteiger partial charge on any atom is 0.417 e. The van der Waals surface area contributed by atoms with E-state index in [0.29, 0.717) is 31.5 Å². The highest BCUT2D eigenvalue weighted by atomic mass is 16.5. The van der Waals surface area contributed by atoms with Gasteiger partial charge in [0, 0.05) is 20.6 Å². The number of para-hydroxylation sites is 2. The van der Waals surface area contributed by atoms with Gasteiger partial charge < -0.3 is 10.1 Å². The lowest BCUT2D eigenvalue weighted by atomic mass is 10.1.